The average molecular weight is 712 g/mol. The molecule has 0 radical (unpaired) electrons. The Morgan fingerprint density at radius 2 is 1.73 bits per heavy atom. The molecule has 276 valence electrons. The summed E-state index contributed by atoms with van der Waals surface area (Å²) in [6.45, 7) is 9.64. The summed E-state index contributed by atoms with van der Waals surface area (Å²) in [5.41, 5.74) is 2.70. The van der Waals surface area contributed by atoms with Crippen LogP contribution in [0.4, 0.5) is 19.1 Å². The van der Waals surface area contributed by atoms with Gasteiger partial charge in [-0.3, -0.25) is 4.79 Å². The molecular formula is C38H48F3N5O5. The molecule has 5 rings (SSSR count). The van der Waals surface area contributed by atoms with Gasteiger partial charge in [0.2, 0.25) is 11.7 Å². The van der Waals surface area contributed by atoms with Gasteiger partial charge in [-0.1, -0.05) is 30.3 Å². The van der Waals surface area contributed by atoms with E-state index in [-0.39, 0.29) is 18.4 Å². The summed E-state index contributed by atoms with van der Waals surface area (Å²) in [4.78, 5) is 23.2. The SMILES string of the molecule is CCOCCn1c(N2CCCN(CCC(CNC(=O)c3cc(OC)c(OC)c(OC)c3C)c3cccc(C(F)(F)F)c3)CC2)nc2ccccc21. The molecular weight excluding hydrogens is 663 g/mol. The summed E-state index contributed by atoms with van der Waals surface area (Å²) in [5.74, 6) is 1.23. The summed E-state index contributed by atoms with van der Waals surface area (Å²) in [6.07, 6.45) is -3.03. The first-order valence-electron chi connectivity index (χ1n) is 17.3. The highest BCUT2D eigenvalue weighted by Gasteiger charge is 2.31. The van der Waals surface area contributed by atoms with E-state index in [4.69, 9.17) is 23.9 Å². The molecule has 0 spiro atoms. The van der Waals surface area contributed by atoms with Gasteiger partial charge in [0.05, 0.1) is 44.5 Å². The van der Waals surface area contributed by atoms with Crippen molar-refractivity contribution in [3.8, 4) is 17.2 Å². The van der Waals surface area contributed by atoms with Crippen molar-refractivity contribution in [2.45, 2.75) is 45.3 Å². The Labute approximate surface area is 297 Å². The van der Waals surface area contributed by atoms with Crippen molar-refractivity contribution in [2.75, 3.05) is 78.7 Å². The van der Waals surface area contributed by atoms with Crippen molar-refractivity contribution in [1.29, 1.82) is 0 Å². The molecule has 4 aromatic rings. The number of hydrogen-bond donors (Lipinski definition) is 1. The minimum atomic E-state index is -4.48. The van der Waals surface area contributed by atoms with Gasteiger partial charge in [-0.25, -0.2) is 4.98 Å². The van der Waals surface area contributed by atoms with Gasteiger partial charge < -0.3 is 38.6 Å². The Morgan fingerprint density at radius 1 is 0.941 bits per heavy atom. The second kappa shape index (κ2) is 17.1. The van der Waals surface area contributed by atoms with E-state index in [1.54, 1.807) is 19.1 Å². The predicted molar refractivity (Wildman–Crippen MR) is 191 cm³/mol. The standard InChI is InChI=1S/C38H48F3N5O5/c1-6-51-22-21-46-32-14-8-7-13-31(32)43-37(46)45-17-10-16-44(19-20-45)18-15-28(27-11-9-12-29(23-27)38(39,40)41)25-42-36(47)30-24-33(48-3)35(50-5)34(49-4)26(30)2/h7-9,11-14,23-24,28H,6,10,15-22,25H2,1-5H3,(H,42,47). The first kappa shape index (κ1) is 37.8. The van der Waals surface area contributed by atoms with E-state index in [1.807, 2.05) is 25.1 Å². The second-order valence-corrected chi connectivity index (χ2v) is 12.6. The number of anilines is 1. The van der Waals surface area contributed by atoms with Crippen LogP contribution in [0.2, 0.25) is 0 Å². The lowest BCUT2D eigenvalue weighted by molar-refractivity contribution is -0.137. The maximum atomic E-state index is 13.8. The van der Waals surface area contributed by atoms with Gasteiger partial charge in [-0.2, -0.15) is 13.2 Å². The maximum Gasteiger partial charge on any atom is 0.416 e. The van der Waals surface area contributed by atoms with E-state index in [1.165, 1.54) is 33.5 Å². The lowest BCUT2D eigenvalue weighted by Crippen LogP contribution is -2.34. The van der Waals surface area contributed by atoms with Gasteiger partial charge in [0.15, 0.2) is 11.5 Å². The topological polar surface area (TPSA) is 90.3 Å². The fourth-order valence-electron chi connectivity index (χ4n) is 6.76. The molecule has 1 aromatic heterocycles. The molecule has 1 saturated heterocycles. The Hall–Kier alpha value is -4.49. The van der Waals surface area contributed by atoms with Gasteiger partial charge in [0.25, 0.3) is 5.91 Å². The maximum absolute atomic E-state index is 13.8. The van der Waals surface area contributed by atoms with Crippen LogP contribution >= 0.6 is 0 Å². The molecule has 2 heterocycles. The predicted octanol–water partition coefficient (Wildman–Crippen LogP) is 6.54. The van der Waals surface area contributed by atoms with Crippen molar-refractivity contribution in [3.63, 3.8) is 0 Å². The summed E-state index contributed by atoms with van der Waals surface area (Å²) >= 11 is 0. The Bertz CT molecular complexity index is 1780. The molecule has 3 aromatic carbocycles. The zero-order chi connectivity index (χ0) is 36.5. The van der Waals surface area contributed by atoms with Crippen LogP contribution in [0.25, 0.3) is 11.0 Å². The van der Waals surface area contributed by atoms with Crippen LogP contribution in [0.15, 0.2) is 54.6 Å². The number of fused-ring (bicyclic) bond motifs is 1. The van der Waals surface area contributed by atoms with Crippen molar-refractivity contribution in [2.24, 2.45) is 0 Å². The number of nitrogens with one attached hydrogen (secondary N) is 1. The molecule has 0 bridgehead atoms. The zero-order valence-corrected chi connectivity index (χ0v) is 30.0. The number of amides is 1. The number of rotatable bonds is 15. The summed E-state index contributed by atoms with van der Waals surface area (Å²) in [5, 5.41) is 2.99. The number of halogens is 3. The van der Waals surface area contributed by atoms with Crippen LogP contribution in [0.1, 0.15) is 52.7 Å². The minimum absolute atomic E-state index is 0.139. The first-order chi connectivity index (χ1) is 24.6. The molecule has 51 heavy (non-hydrogen) atoms. The van der Waals surface area contributed by atoms with E-state index in [0.717, 1.165) is 55.6 Å². The number of benzene rings is 3. The molecule has 0 saturated carbocycles. The number of alkyl halides is 3. The number of carbonyl (C=O) groups is 1. The van der Waals surface area contributed by atoms with Crippen molar-refractivity contribution < 1.29 is 36.9 Å². The third kappa shape index (κ3) is 8.88. The number of carbonyl (C=O) groups excluding carboxylic acids is 1. The number of methoxy groups -OCH3 is 3. The molecule has 1 amide bonds. The minimum Gasteiger partial charge on any atom is -0.493 e. The lowest BCUT2D eigenvalue weighted by Gasteiger charge is -2.26. The third-order valence-electron chi connectivity index (χ3n) is 9.48. The summed E-state index contributed by atoms with van der Waals surface area (Å²) in [6, 6.07) is 15.1. The van der Waals surface area contributed by atoms with Crippen LogP contribution in [0, 0.1) is 6.92 Å². The highest BCUT2D eigenvalue weighted by atomic mass is 19.4. The van der Waals surface area contributed by atoms with Gasteiger partial charge in [0, 0.05) is 56.4 Å². The fraction of sp³-hybridized carbons (Fsp3) is 0.474. The van der Waals surface area contributed by atoms with Gasteiger partial charge in [-0.15, -0.1) is 0 Å². The van der Waals surface area contributed by atoms with Gasteiger partial charge in [0.1, 0.15) is 0 Å². The van der Waals surface area contributed by atoms with Crippen molar-refractivity contribution >= 4 is 22.9 Å². The number of hydrogen-bond acceptors (Lipinski definition) is 8. The van der Waals surface area contributed by atoms with E-state index in [2.05, 4.69) is 25.8 Å². The fourth-order valence-corrected chi connectivity index (χ4v) is 6.76. The molecule has 1 unspecified atom stereocenters. The molecule has 1 N–H and O–H groups in total. The van der Waals surface area contributed by atoms with E-state index >= 15 is 0 Å². The molecule has 0 aliphatic carbocycles. The summed E-state index contributed by atoms with van der Waals surface area (Å²) in [7, 11) is 4.44. The number of imidazole rings is 1. The second-order valence-electron chi connectivity index (χ2n) is 12.6. The molecule has 1 aliphatic heterocycles. The number of aromatic nitrogens is 2. The van der Waals surface area contributed by atoms with Crippen LogP contribution < -0.4 is 24.4 Å². The zero-order valence-electron chi connectivity index (χ0n) is 30.0. The van der Waals surface area contributed by atoms with Crippen molar-refractivity contribution in [1.82, 2.24) is 19.8 Å². The summed E-state index contributed by atoms with van der Waals surface area (Å²) < 4.78 is 65.6. The van der Waals surface area contributed by atoms with E-state index in [9.17, 15) is 18.0 Å². The molecule has 1 aliphatic rings. The first-order valence-corrected chi connectivity index (χ1v) is 17.3. The Morgan fingerprint density at radius 3 is 2.45 bits per heavy atom. The molecule has 1 fully saturated rings. The van der Waals surface area contributed by atoms with E-state index < -0.39 is 11.7 Å². The van der Waals surface area contributed by atoms with E-state index in [0.29, 0.717) is 66.7 Å². The Balaban J connectivity index is 1.32. The van der Waals surface area contributed by atoms with Gasteiger partial charge in [-0.05, 0) is 69.6 Å². The van der Waals surface area contributed by atoms with Gasteiger partial charge >= 0.3 is 6.18 Å². The third-order valence-corrected chi connectivity index (χ3v) is 9.48. The monoisotopic (exact) mass is 711 g/mol. The molecule has 10 nitrogen and oxygen atoms in total. The molecule has 13 heteroatoms. The van der Waals surface area contributed by atoms with Crippen LogP contribution in [0.3, 0.4) is 0 Å². The van der Waals surface area contributed by atoms with Crippen LogP contribution in [0.5, 0.6) is 17.2 Å². The van der Waals surface area contributed by atoms with Crippen molar-refractivity contribution in [3.05, 3.63) is 76.9 Å². The Kier molecular flexibility index (Phi) is 12.7. The largest absolute Gasteiger partial charge is 0.493 e. The number of para-hydroxylation sites is 2. The normalized spacial score (nSPS) is 14.7. The number of nitrogens with zero attached hydrogens (tertiary/aromatic N) is 4. The smallest absolute Gasteiger partial charge is 0.416 e. The highest BCUT2D eigenvalue weighted by Crippen LogP contribution is 2.41. The quantitative estimate of drug-likeness (QED) is 0.139. The van der Waals surface area contributed by atoms with Crippen LogP contribution in [-0.2, 0) is 17.5 Å². The average Bonchev–Trinajstić information content (AvgIpc) is 3.32. The lowest BCUT2D eigenvalue weighted by atomic mass is 9.93. The molecule has 1 atom stereocenters. The van der Waals surface area contributed by atoms with Crippen LogP contribution in [-0.4, -0.2) is 94.2 Å². The number of ether oxygens (including phenoxy) is 4. The highest BCUT2D eigenvalue weighted by molar-refractivity contribution is 5.97.